The Balaban J connectivity index is 2.10. The van der Waals surface area contributed by atoms with E-state index in [9.17, 15) is 5.11 Å². The van der Waals surface area contributed by atoms with Gasteiger partial charge in [0.05, 0.1) is 12.3 Å². The van der Waals surface area contributed by atoms with Gasteiger partial charge in [0.1, 0.15) is 5.75 Å². The third-order valence-corrected chi connectivity index (χ3v) is 5.14. The van der Waals surface area contributed by atoms with Gasteiger partial charge < -0.3 is 15.2 Å². The molecule has 1 aromatic heterocycles. The maximum absolute atomic E-state index is 13.5. The van der Waals surface area contributed by atoms with Crippen LogP contribution in [0.2, 0.25) is 0 Å². The van der Waals surface area contributed by atoms with E-state index in [1.807, 2.05) is 94.7 Å². The van der Waals surface area contributed by atoms with Crippen LogP contribution < -0.4 is 19.7 Å². The fraction of sp³-hybridized carbons (Fsp3) is 0.200. The monoisotopic (exact) mass is 418 g/mol. The Morgan fingerprint density at radius 2 is 1.80 bits per heavy atom. The Labute approximate surface area is 183 Å². The summed E-state index contributed by atoms with van der Waals surface area (Å²) in [6.07, 6.45) is 3.74. The molecule has 1 N–H and O–H groups in total. The maximum Gasteiger partial charge on any atom is 0.238 e. The molecule has 0 amide bonds. The molecule has 0 saturated carbocycles. The number of pyridine rings is 1. The van der Waals surface area contributed by atoms with E-state index >= 15 is 0 Å². The molecule has 5 heteroatoms. The number of anilines is 1. The smallest absolute Gasteiger partial charge is 0.238 e. The molecule has 0 aliphatic carbocycles. The molecule has 3 rings (SSSR count). The van der Waals surface area contributed by atoms with Crippen LogP contribution in [-0.2, 0) is 0 Å². The van der Waals surface area contributed by atoms with Crippen LogP contribution in [0.1, 0.15) is 29.2 Å². The molecule has 0 radical (unpaired) electrons. The Bertz CT molecular complexity index is 1110. The highest BCUT2D eigenvalue weighted by molar-refractivity contribution is 7.81. The molecule has 30 heavy (non-hydrogen) atoms. The predicted octanol–water partition coefficient (Wildman–Crippen LogP) is 4.42. The predicted molar refractivity (Wildman–Crippen MR) is 124 cm³/mol. The van der Waals surface area contributed by atoms with E-state index in [0.717, 1.165) is 22.4 Å². The van der Waals surface area contributed by atoms with E-state index in [2.05, 4.69) is 5.32 Å². The second-order valence-electron chi connectivity index (χ2n) is 7.15. The number of thiocarbonyl (C=S) groups is 1. The van der Waals surface area contributed by atoms with Gasteiger partial charge in [-0.1, -0.05) is 42.5 Å². The topological polar surface area (TPSA) is 48.2 Å². The summed E-state index contributed by atoms with van der Waals surface area (Å²) >= 11 is 5.72. The lowest BCUT2D eigenvalue weighted by molar-refractivity contribution is -0.578. The zero-order valence-electron chi connectivity index (χ0n) is 17.7. The maximum atomic E-state index is 13.5. The minimum absolute atomic E-state index is 0.139. The summed E-state index contributed by atoms with van der Waals surface area (Å²) in [4.78, 5) is 0.334. The Morgan fingerprint density at radius 3 is 2.50 bits per heavy atom. The molecular formula is C25H26N2O2S. The highest BCUT2D eigenvalue weighted by Crippen LogP contribution is 2.26. The number of aromatic nitrogens is 1. The number of para-hydroxylation sites is 2. The molecule has 0 spiro atoms. The van der Waals surface area contributed by atoms with Crippen molar-refractivity contribution in [3.8, 4) is 5.75 Å². The summed E-state index contributed by atoms with van der Waals surface area (Å²) < 4.78 is 7.48. The first-order chi connectivity index (χ1) is 14.4. The molecule has 0 aliphatic rings. The lowest BCUT2D eigenvalue weighted by atomic mass is 10.0. The minimum atomic E-state index is -0.139. The molecule has 0 fully saturated rings. The van der Waals surface area contributed by atoms with E-state index in [1.165, 1.54) is 0 Å². The summed E-state index contributed by atoms with van der Waals surface area (Å²) in [6.45, 7) is 8.48. The number of hydrogen-bond acceptors (Lipinski definition) is 3. The average Bonchev–Trinajstić information content (AvgIpc) is 2.72. The van der Waals surface area contributed by atoms with Gasteiger partial charge in [0.2, 0.25) is 5.70 Å². The van der Waals surface area contributed by atoms with Gasteiger partial charge in [-0.3, -0.25) is 0 Å². The summed E-state index contributed by atoms with van der Waals surface area (Å²) in [5.74, 6) is 0.551. The van der Waals surface area contributed by atoms with Crippen molar-refractivity contribution in [1.29, 1.82) is 0 Å². The van der Waals surface area contributed by atoms with Gasteiger partial charge in [-0.2, -0.15) is 4.57 Å². The van der Waals surface area contributed by atoms with Crippen LogP contribution in [0.4, 0.5) is 5.69 Å². The minimum Gasteiger partial charge on any atom is -0.867 e. The first-order valence-corrected chi connectivity index (χ1v) is 10.3. The molecule has 0 atom stereocenters. The SMILES string of the molecule is CCOc1ccccc1NC(=S)C(=C([O-])c1ccc(C)c(C)c1)[n+]1cccc(C)c1. The zero-order valence-corrected chi connectivity index (χ0v) is 18.5. The first-order valence-electron chi connectivity index (χ1n) is 9.91. The molecule has 0 saturated heterocycles. The van der Waals surface area contributed by atoms with Gasteiger partial charge in [0.15, 0.2) is 17.4 Å². The van der Waals surface area contributed by atoms with Gasteiger partial charge >= 0.3 is 0 Å². The molecule has 3 aromatic rings. The zero-order chi connectivity index (χ0) is 21.7. The van der Waals surface area contributed by atoms with E-state index in [0.29, 0.717) is 28.6 Å². The van der Waals surface area contributed by atoms with E-state index in [-0.39, 0.29) is 5.76 Å². The fourth-order valence-electron chi connectivity index (χ4n) is 3.12. The molecule has 2 aromatic carbocycles. The Kier molecular flexibility index (Phi) is 6.85. The fourth-order valence-corrected chi connectivity index (χ4v) is 3.43. The first kappa shape index (κ1) is 21.5. The molecule has 4 nitrogen and oxygen atoms in total. The van der Waals surface area contributed by atoms with Gasteiger partial charge in [0, 0.05) is 11.6 Å². The van der Waals surface area contributed by atoms with Crippen LogP contribution in [0, 0.1) is 20.8 Å². The van der Waals surface area contributed by atoms with Crippen LogP contribution in [-0.4, -0.2) is 11.6 Å². The van der Waals surface area contributed by atoms with Crippen molar-refractivity contribution in [3.63, 3.8) is 0 Å². The largest absolute Gasteiger partial charge is 0.867 e. The third-order valence-electron chi connectivity index (χ3n) is 4.84. The molecule has 1 heterocycles. The van der Waals surface area contributed by atoms with E-state index in [4.69, 9.17) is 17.0 Å². The summed E-state index contributed by atoms with van der Waals surface area (Å²) in [6, 6.07) is 17.2. The van der Waals surface area contributed by atoms with Crippen molar-refractivity contribution in [2.24, 2.45) is 0 Å². The third kappa shape index (κ3) is 4.86. The molecule has 0 bridgehead atoms. The number of benzene rings is 2. The van der Waals surface area contributed by atoms with Crippen LogP contribution >= 0.6 is 12.2 Å². The molecule has 0 unspecified atom stereocenters. The van der Waals surface area contributed by atoms with Crippen molar-refractivity contribution >= 4 is 34.3 Å². The highest BCUT2D eigenvalue weighted by Gasteiger charge is 2.20. The van der Waals surface area contributed by atoms with Gasteiger partial charge in [-0.25, -0.2) is 0 Å². The Hall–Kier alpha value is -3.18. The van der Waals surface area contributed by atoms with Crippen molar-refractivity contribution < 1.29 is 14.4 Å². The van der Waals surface area contributed by atoms with E-state index in [1.54, 1.807) is 4.57 Å². The van der Waals surface area contributed by atoms with E-state index < -0.39 is 0 Å². The summed E-state index contributed by atoms with van der Waals surface area (Å²) in [5.41, 5.74) is 4.95. The van der Waals surface area contributed by atoms with Gasteiger partial charge in [-0.05, 0) is 68.3 Å². The lowest BCUT2D eigenvalue weighted by Gasteiger charge is -2.19. The number of ether oxygens (including phenoxy) is 1. The standard InChI is InChI=1S/C25H26N2O2S/c1-5-29-22-11-7-6-10-21(22)26-25(30)23(27-14-8-9-17(2)16-27)24(28)20-13-12-18(3)19(4)15-20/h6-16H,5H2,1-4H3,(H-,26,28,30). The number of rotatable bonds is 6. The van der Waals surface area contributed by atoms with Gasteiger partial charge in [-0.15, -0.1) is 0 Å². The van der Waals surface area contributed by atoms with Crippen LogP contribution in [0.5, 0.6) is 5.75 Å². The second-order valence-corrected chi connectivity index (χ2v) is 7.56. The lowest BCUT2D eigenvalue weighted by Crippen LogP contribution is -2.40. The number of aryl methyl sites for hydroxylation is 3. The summed E-state index contributed by atoms with van der Waals surface area (Å²) in [5, 5.41) is 16.8. The molecule has 0 aliphatic heterocycles. The van der Waals surface area contributed by atoms with Crippen molar-refractivity contribution in [2.45, 2.75) is 27.7 Å². The average molecular weight is 419 g/mol. The van der Waals surface area contributed by atoms with Crippen molar-refractivity contribution in [2.75, 3.05) is 11.9 Å². The molecule has 154 valence electrons. The highest BCUT2D eigenvalue weighted by atomic mass is 32.1. The van der Waals surface area contributed by atoms with Crippen molar-refractivity contribution in [1.82, 2.24) is 0 Å². The normalized spacial score (nSPS) is 11.6. The van der Waals surface area contributed by atoms with Crippen LogP contribution in [0.15, 0.2) is 67.0 Å². The second kappa shape index (κ2) is 9.55. The Morgan fingerprint density at radius 1 is 1.03 bits per heavy atom. The van der Waals surface area contributed by atoms with Crippen LogP contribution in [0.3, 0.4) is 0 Å². The van der Waals surface area contributed by atoms with Crippen LogP contribution in [0.25, 0.3) is 11.5 Å². The van der Waals surface area contributed by atoms with Gasteiger partial charge in [0.25, 0.3) is 0 Å². The number of nitrogens with zero attached hydrogens (tertiary/aromatic N) is 1. The molecular weight excluding hydrogens is 392 g/mol. The quantitative estimate of drug-likeness (QED) is 0.279. The summed E-state index contributed by atoms with van der Waals surface area (Å²) in [7, 11) is 0. The number of hydrogen-bond donors (Lipinski definition) is 1. The van der Waals surface area contributed by atoms with Crippen molar-refractivity contribution in [3.05, 3.63) is 89.2 Å². The number of nitrogens with one attached hydrogen (secondary N) is 1.